The fraction of sp³-hybridized carbons (Fsp3) is 0. The van der Waals surface area contributed by atoms with Gasteiger partial charge in [-0.1, -0.05) is 78.9 Å². The Morgan fingerprint density at radius 1 is 0.545 bits per heavy atom. The molecule has 0 fully saturated rings. The van der Waals surface area contributed by atoms with Crippen LogP contribution >= 0.6 is 0 Å². The first-order valence-electron chi connectivity index (χ1n) is 10.8. The third kappa shape index (κ3) is 4.86. The summed E-state index contributed by atoms with van der Waals surface area (Å²) >= 11 is 0. The molecule has 0 atom stereocenters. The van der Waals surface area contributed by atoms with Gasteiger partial charge in [-0.3, -0.25) is 15.4 Å². The maximum absolute atomic E-state index is 4.74. The van der Waals surface area contributed by atoms with Gasteiger partial charge in [0.1, 0.15) is 0 Å². The lowest BCUT2D eigenvalue weighted by Crippen LogP contribution is -2.06. The molecule has 0 saturated heterocycles. The molecular weight excluding hydrogens is 404 g/mol. The molecule has 0 unspecified atom stereocenters. The zero-order valence-electron chi connectivity index (χ0n) is 18.0. The zero-order chi connectivity index (χ0) is 22.3. The van der Waals surface area contributed by atoms with Crippen molar-refractivity contribution in [1.29, 1.82) is 0 Å². The second-order valence-corrected chi connectivity index (χ2v) is 7.53. The highest BCUT2D eigenvalue weighted by atomic mass is 15.3. The van der Waals surface area contributed by atoms with E-state index in [1.54, 1.807) is 6.20 Å². The van der Waals surface area contributed by atoms with Crippen LogP contribution in [0.5, 0.6) is 0 Å². The van der Waals surface area contributed by atoms with Gasteiger partial charge in [-0.15, -0.1) is 0 Å². The monoisotopic (exact) mass is 426 g/mol. The van der Waals surface area contributed by atoms with Crippen LogP contribution in [0, 0.1) is 0 Å². The predicted molar refractivity (Wildman–Crippen MR) is 135 cm³/mol. The van der Waals surface area contributed by atoms with Crippen molar-refractivity contribution in [2.24, 2.45) is 5.10 Å². The molecule has 0 spiro atoms. The molecule has 1 N–H and O–H groups in total. The average Bonchev–Trinajstić information content (AvgIpc) is 2.91. The second-order valence-electron chi connectivity index (χ2n) is 7.53. The highest BCUT2D eigenvalue weighted by Crippen LogP contribution is 2.25. The minimum Gasteiger partial charge on any atom is -0.278 e. The van der Waals surface area contributed by atoms with E-state index in [4.69, 9.17) is 5.10 Å². The summed E-state index contributed by atoms with van der Waals surface area (Å²) in [6.07, 6.45) is 3.60. The van der Waals surface area contributed by atoms with Crippen molar-refractivity contribution in [3.63, 3.8) is 0 Å². The van der Waals surface area contributed by atoms with Gasteiger partial charge in [0, 0.05) is 23.5 Å². The maximum atomic E-state index is 4.74. The summed E-state index contributed by atoms with van der Waals surface area (Å²) in [4.78, 5) is 8.87. The van der Waals surface area contributed by atoms with Crippen LogP contribution in [0.4, 0.5) is 5.69 Å². The van der Waals surface area contributed by atoms with Gasteiger partial charge in [-0.05, 0) is 47.5 Å². The van der Waals surface area contributed by atoms with Crippen molar-refractivity contribution in [3.05, 3.63) is 139 Å². The number of hydrogen-bond donors (Lipinski definition) is 1. The van der Waals surface area contributed by atoms with Crippen molar-refractivity contribution < 1.29 is 0 Å². The fourth-order valence-electron chi connectivity index (χ4n) is 3.61. The zero-order valence-corrected chi connectivity index (χ0v) is 18.0. The summed E-state index contributed by atoms with van der Waals surface area (Å²) in [6.45, 7) is 0. The number of benzene rings is 3. The SMILES string of the molecule is c1ccc(C(=NNc2ccc(-c3ccnc(-c4ccccn4)c3)cc2)c2ccccc2)cc1. The molecule has 33 heavy (non-hydrogen) atoms. The molecule has 5 aromatic rings. The minimum absolute atomic E-state index is 0.857. The van der Waals surface area contributed by atoms with Gasteiger partial charge < -0.3 is 0 Å². The lowest BCUT2D eigenvalue weighted by atomic mass is 10.0. The minimum atomic E-state index is 0.857. The number of rotatable bonds is 6. The number of hydrazone groups is 1. The Morgan fingerprint density at radius 3 is 1.82 bits per heavy atom. The highest BCUT2D eigenvalue weighted by molar-refractivity contribution is 6.13. The van der Waals surface area contributed by atoms with E-state index in [-0.39, 0.29) is 0 Å². The second kappa shape index (κ2) is 9.71. The van der Waals surface area contributed by atoms with Crippen molar-refractivity contribution in [2.45, 2.75) is 0 Å². The number of hydrogen-bond acceptors (Lipinski definition) is 4. The lowest BCUT2D eigenvalue weighted by molar-refractivity contribution is 1.25. The molecule has 5 rings (SSSR count). The van der Waals surface area contributed by atoms with Crippen molar-refractivity contribution in [2.75, 3.05) is 5.43 Å². The van der Waals surface area contributed by atoms with Crippen LogP contribution in [0.25, 0.3) is 22.5 Å². The van der Waals surface area contributed by atoms with Crippen LogP contribution in [0.2, 0.25) is 0 Å². The molecule has 0 aliphatic carbocycles. The summed E-state index contributed by atoms with van der Waals surface area (Å²) in [5.74, 6) is 0. The number of nitrogens with zero attached hydrogens (tertiary/aromatic N) is 3. The van der Waals surface area contributed by atoms with Crippen LogP contribution < -0.4 is 5.43 Å². The molecule has 158 valence electrons. The van der Waals surface area contributed by atoms with E-state index in [9.17, 15) is 0 Å². The van der Waals surface area contributed by atoms with Crippen molar-refractivity contribution in [3.8, 4) is 22.5 Å². The van der Waals surface area contributed by atoms with Gasteiger partial charge in [-0.25, -0.2) is 0 Å². The topological polar surface area (TPSA) is 50.2 Å². The predicted octanol–water partition coefficient (Wildman–Crippen LogP) is 6.68. The van der Waals surface area contributed by atoms with E-state index >= 15 is 0 Å². The molecule has 0 bridgehead atoms. The first-order chi connectivity index (χ1) is 16.4. The molecule has 2 heterocycles. The van der Waals surface area contributed by atoms with Gasteiger partial charge in [-0.2, -0.15) is 5.10 Å². The molecule has 4 nitrogen and oxygen atoms in total. The molecule has 0 radical (unpaired) electrons. The number of pyridine rings is 2. The fourth-order valence-corrected chi connectivity index (χ4v) is 3.61. The smallest absolute Gasteiger partial charge is 0.0977 e. The Hall–Kier alpha value is -4.57. The standard InChI is InChI=1S/C29H22N4/c1-3-9-23(10-4-1)29(24-11-5-2-6-12-24)33-32-26-16-14-22(15-17-26)25-18-20-31-28(21-25)27-13-7-8-19-30-27/h1-21,32H. The van der Waals surface area contributed by atoms with Gasteiger partial charge in [0.05, 0.1) is 22.8 Å². The van der Waals surface area contributed by atoms with Crippen LogP contribution in [0.3, 0.4) is 0 Å². The van der Waals surface area contributed by atoms with E-state index in [1.165, 1.54) is 0 Å². The van der Waals surface area contributed by atoms with E-state index in [2.05, 4.69) is 57.9 Å². The van der Waals surface area contributed by atoms with E-state index in [0.29, 0.717) is 0 Å². The first-order valence-corrected chi connectivity index (χ1v) is 10.8. The first kappa shape index (κ1) is 20.3. The number of aromatic nitrogens is 2. The third-order valence-corrected chi connectivity index (χ3v) is 5.30. The number of anilines is 1. The molecule has 0 aliphatic rings. The highest BCUT2D eigenvalue weighted by Gasteiger charge is 2.07. The largest absolute Gasteiger partial charge is 0.278 e. The Labute approximate surface area is 193 Å². The van der Waals surface area contributed by atoms with Crippen molar-refractivity contribution >= 4 is 11.4 Å². The van der Waals surface area contributed by atoms with Crippen molar-refractivity contribution in [1.82, 2.24) is 9.97 Å². The molecular formula is C29H22N4. The summed E-state index contributed by atoms with van der Waals surface area (Å²) < 4.78 is 0. The number of nitrogens with one attached hydrogen (secondary N) is 1. The summed E-state index contributed by atoms with van der Waals surface area (Å²) in [5.41, 5.74) is 11.1. The molecule has 0 aliphatic heterocycles. The third-order valence-electron chi connectivity index (χ3n) is 5.30. The average molecular weight is 427 g/mol. The van der Waals surface area contributed by atoms with E-state index in [0.717, 1.165) is 45.0 Å². The van der Waals surface area contributed by atoms with Crippen LogP contribution in [-0.2, 0) is 0 Å². The van der Waals surface area contributed by atoms with Crippen LogP contribution in [0.15, 0.2) is 133 Å². The Kier molecular flexibility index (Phi) is 5.98. The van der Waals surface area contributed by atoms with Gasteiger partial charge in [0.15, 0.2) is 0 Å². The molecule has 4 heteroatoms. The maximum Gasteiger partial charge on any atom is 0.0977 e. The van der Waals surface area contributed by atoms with Crippen LogP contribution in [-0.4, -0.2) is 15.7 Å². The summed E-state index contributed by atoms with van der Waals surface area (Å²) in [7, 11) is 0. The van der Waals surface area contributed by atoms with Crippen LogP contribution in [0.1, 0.15) is 11.1 Å². The van der Waals surface area contributed by atoms with Gasteiger partial charge >= 0.3 is 0 Å². The van der Waals surface area contributed by atoms with E-state index < -0.39 is 0 Å². The summed E-state index contributed by atoms with van der Waals surface area (Å²) in [5, 5.41) is 4.74. The molecule has 3 aromatic carbocycles. The van der Waals surface area contributed by atoms with Gasteiger partial charge in [0.25, 0.3) is 0 Å². The lowest BCUT2D eigenvalue weighted by Gasteiger charge is -2.09. The Bertz CT molecular complexity index is 1310. The normalized spacial score (nSPS) is 10.4. The Balaban J connectivity index is 1.39. The molecule has 0 saturated carbocycles. The molecule has 2 aromatic heterocycles. The molecule has 0 amide bonds. The van der Waals surface area contributed by atoms with Gasteiger partial charge in [0.2, 0.25) is 0 Å². The Morgan fingerprint density at radius 2 is 1.18 bits per heavy atom. The quantitative estimate of drug-likeness (QED) is 0.243. The summed E-state index contributed by atoms with van der Waals surface area (Å²) in [6, 6.07) is 38.5. The van der Waals surface area contributed by atoms with E-state index in [1.807, 2.05) is 79.0 Å².